The molecule has 1 aromatic heterocycles. The second kappa shape index (κ2) is 6.60. The number of rotatable bonds is 5. The minimum absolute atomic E-state index is 0.169. The van der Waals surface area contributed by atoms with Crippen LogP contribution in [-0.4, -0.2) is 42.3 Å². The predicted molar refractivity (Wildman–Crippen MR) is 90.2 cm³/mol. The van der Waals surface area contributed by atoms with E-state index >= 15 is 0 Å². The number of benzene rings is 1. The third-order valence-corrected chi connectivity index (χ3v) is 4.22. The third kappa shape index (κ3) is 3.33. The number of halogens is 1. The van der Waals surface area contributed by atoms with Gasteiger partial charge in [0.2, 0.25) is 0 Å². The highest BCUT2D eigenvalue weighted by Crippen LogP contribution is 2.35. The Balaban J connectivity index is 1.81. The zero-order valence-electron chi connectivity index (χ0n) is 13.2. The van der Waals surface area contributed by atoms with Crippen LogP contribution in [-0.2, 0) is 13.1 Å². The molecule has 7 heteroatoms. The fourth-order valence-electron chi connectivity index (χ4n) is 2.63. The molecule has 0 amide bonds. The summed E-state index contributed by atoms with van der Waals surface area (Å²) in [4.78, 5) is 15.8. The van der Waals surface area contributed by atoms with Crippen LogP contribution in [0.1, 0.15) is 11.1 Å². The van der Waals surface area contributed by atoms with Gasteiger partial charge in [-0.2, -0.15) is 5.10 Å². The van der Waals surface area contributed by atoms with Gasteiger partial charge in [0, 0.05) is 25.2 Å². The van der Waals surface area contributed by atoms with Gasteiger partial charge in [-0.3, -0.25) is 4.79 Å². The fourth-order valence-corrected chi connectivity index (χ4v) is 2.84. The molecule has 0 atom stereocenters. The summed E-state index contributed by atoms with van der Waals surface area (Å²) in [6.07, 6.45) is 1.59. The smallest absolute Gasteiger partial charge is 0.285 e. The fraction of sp³-hybridized carbons (Fsp3) is 0.375. The lowest BCUT2D eigenvalue weighted by atomic mass is 10.1. The molecule has 3 rings (SSSR count). The van der Waals surface area contributed by atoms with Gasteiger partial charge in [0.05, 0.1) is 11.9 Å². The first-order chi connectivity index (χ1) is 11.1. The average Bonchev–Trinajstić information content (AvgIpc) is 2.94. The van der Waals surface area contributed by atoms with Crippen LogP contribution in [0.4, 0.5) is 5.69 Å². The Kier molecular flexibility index (Phi) is 4.54. The highest BCUT2D eigenvalue weighted by molar-refractivity contribution is 6.33. The molecule has 0 saturated heterocycles. The summed E-state index contributed by atoms with van der Waals surface area (Å²) >= 11 is 6.11. The van der Waals surface area contributed by atoms with E-state index in [4.69, 9.17) is 16.3 Å². The number of nitrogens with zero attached hydrogens (tertiary/aromatic N) is 3. The van der Waals surface area contributed by atoms with Crippen molar-refractivity contribution in [3.63, 3.8) is 0 Å². The Hall–Kier alpha value is -2.05. The first-order valence-electron chi connectivity index (χ1n) is 7.42. The van der Waals surface area contributed by atoms with E-state index < -0.39 is 0 Å². The minimum Gasteiger partial charge on any atom is -0.492 e. The zero-order chi connectivity index (χ0) is 16.4. The normalized spacial score (nSPS) is 13.5. The van der Waals surface area contributed by atoms with Gasteiger partial charge in [0.15, 0.2) is 0 Å². The van der Waals surface area contributed by atoms with E-state index in [1.807, 2.05) is 31.1 Å². The molecule has 0 fully saturated rings. The number of hydrogen-bond donors (Lipinski definition) is 1. The van der Waals surface area contributed by atoms with Gasteiger partial charge in [-0.25, -0.2) is 5.10 Å². The Labute approximate surface area is 139 Å². The highest BCUT2D eigenvalue weighted by atomic mass is 35.5. The molecule has 122 valence electrons. The Morgan fingerprint density at radius 2 is 2.22 bits per heavy atom. The number of H-pyrrole nitrogens is 1. The van der Waals surface area contributed by atoms with Crippen molar-refractivity contribution in [3.8, 4) is 5.75 Å². The molecular formula is C16H19ClN4O2. The molecule has 6 nitrogen and oxygen atoms in total. The second-order valence-corrected chi connectivity index (χ2v) is 6.18. The van der Waals surface area contributed by atoms with E-state index in [-0.39, 0.29) is 10.6 Å². The molecule has 0 radical (unpaired) electrons. The summed E-state index contributed by atoms with van der Waals surface area (Å²) in [6, 6.07) is 6.04. The van der Waals surface area contributed by atoms with Crippen LogP contribution in [0.25, 0.3) is 0 Å². The summed E-state index contributed by atoms with van der Waals surface area (Å²) in [5.41, 5.74) is 2.60. The van der Waals surface area contributed by atoms with Crippen LogP contribution >= 0.6 is 11.6 Å². The lowest BCUT2D eigenvalue weighted by Gasteiger charge is -2.18. The Bertz CT molecular complexity index is 760. The second-order valence-electron chi connectivity index (χ2n) is 5.80. The van der Waals surface area contributed by atoms with Gasteiger partial charge >= 0.3 is 0 Å². The van der Waals surface area contributed by atoms with Crippen molar-refractivity contribution in [1.29, 1.82) is 0 Å². The van der Waals surface area contributed by atoms with E-state index in [9.17, 15) is 4.79 Å². The van der Waals surface area contributed by atoms with Crippen LogP contribution in [0.5, 0.6) is 5.75 Å². The third-order valence-electron chi connectivity index (χ3n) is 3.85. The van der Waals surface area contributed by atoms with Crippen molar-refractivity contribution in [2.24, 2.45) is 0 Å². The number of fused-ring (bicyclic) bond motifs is 1. The van der Waals surface area contributed by atoms with E-state index in [1.54, 1.807) is 6.20 Å². The molecule has 0 saturated carbocycles. The Morgan fingerprint density at radius 1 is 1.39 bits per heavy atom. The van der Waals surface area contributed by atoms with Crippen molar-refractivity contribution in [3.05, 3.63) is 50.9 Å². The maximum absolute atomic E-state index is 11.6. The van der Waals surface area contributed by atoms with Crippen molar-refractivity contribution in [2.45, 2.75) is 13.1 Å². The van der Waals surface area contributed by atoms with Gasteiger partial charge in [-0.1, -0.05) is 23.7 Å². The lowest BCUT2D eigenvalue weighted by molar-refractivity contribution is 0.259. The van der Waals surface area contributed by atoms with Crippen LogP contribution < -0.4 is 15.2 Å². The molecule has 1 aliphatic rings. The summed E-state index contributed by atoms with van der Waals surface area (Å²) < 4.78 is 5.91. The monoisotopic (exact) mass is 334 g/mol. The van der Waals surface area contributed by atoms with E-state index in [1.165, 1.54) is 5.56 Å². The quantitative estimate of drug-likeness (QED) is 0.904. The standard InChI is InChI=1S/C16H19ClN4O2/c1-20(2)6-7-23-14-5-3-4-11-9-21(10-12(11)14)13-8-18-19-16(22)15(13)17/h3-5,8H,6-7,9-10H2,1-2H3,(H,19,22). The summed E-state index contributed by atoms with van der Waals surface area (Å²) in [6.45, 7) is 2.83. The molecule has 0 spiro atoms. The zero-order valence-corrected chi connectivity index (χ0v) is 13.9. The van der Waals surface area contributed by atoms with Gasteiger partial charge in [0.1, 0.15) is 17.4 Å². The predicted octanol–water partition coefficient (Wildman–Crippen LogP) is 1.88. The van der Waals surface area contributed by atoms with Gasteiger partial charge in [0.25, 0.3) is 5.56 Å². The molecule has 0 unspecified atom stereocenters. The molecular weight excluding hydrogens is 316 g/mol. The maximum atomic E-state index is 11.6. The number of aromatic amines is 1. The number of nitrogens with one attached hydrogen (secondary N) is 1. The topological polar surface area (TPSA) is 61.5 Å². The summed E-state index contributed by atoms with van der Waals surface area (Å²) in [5, 5.41) is 6.35. The van der Waals surface area contributed by atoms with Crippen molar-refractivity contribution >= 4 is 17.3 Å². The van der Waals surface area contributed by atoms with Crippen LogP contribution in [0.3, 0.4) is 0 Å². The molecule has 2 aromatic rings. The average molecular weight is 335 g/mol. The first-order valence-corrected chi connectivity index (χ1v) is 7.80. The van der Waals surface area contributed by atoms with Crippen molar-refractivity contribution in [2.75, 3.05) is 32.1 Å². The maximum Gasteiger partial charge on any atom is 0.285 e. The first kappa shape index (κ1) is 15.8. The summed E-state index contributed by atoms with van der Waals surface area (Å²) in [7, 11) is 4.03. The SMILES string of the molecule is CN(C)CCOc1cccc2c1CN(c1cn[nH]c(=O)c1Cl)C2. The summed E-state index contributed by atoms with van der Waals surface area (Å²) in [5.74, 6) is 0.890. The van der Waals surface area contributed by atoms with Crippen molar-refractivity contribution in [1.82, 2.24) is 15.1 Å². The number of ether oxygens (including phenoxy) is 1. The largest absolute Gasteiger partial charge is 0.492 e. The van der Waals surface area contributed by atoms with E-state index in [0.29, 0.717) is 25.4 Å². The van der Waals surface area contributed by atoms with Crippen LogP contribution in [0, 0.1) is 0 Å². The lowest BCUT2D eigenvalue weighted by Crippen LogP contribution is -2.20. The van der Waals surface area contributed by atoms with Gasteiger partial charge in [-0.15, -0.1) is 0 Å². The van der Waals surface area contributed by atoms with Crippen LogP contribution in [0.15, 0.2) is 29.2 Å². The molecule has 23 heavy (non-hydrogen) atoms. The van der Waals surface area contributed by atoms with E-state index in [2.05, 4.69) is 21.2 Å². The number of likely N-dealkylation sites (N-methyl/N-ethyl adjacent to an activating group) is 1. The minimum atomic E-state index is -0.373. The number of anilines is 1. The highest BCUT2D eigenvalue weighted by Gasteiger charge is 2.25. The molecule has 1 aromatic carbocycles. The van der Waals surface area contributed by atoms with Crippen LogP contribution in [0.2, 0.25) is 5.02 Å². The molecule has 1 N–H and O–H groups in total. The molecule has 0 aliphatic carbocycles. The molecule has 0 bridgehead atoms. The van der Waals surface area contributed by atoms with E-state index in [0.717, 1.165) is 17.9 Å². The Morgan fingerprint density at radius 3 is 3.00 bits per heavy atom. The number of aromatic nitrogens is 2. The molecule has 1 aliphatic heterocycles. The molecule has 2 heterocycles. The van der Waals surface area contributed by atoms with Crippen molar-refractivity contribution < 1.29 is 4.74 Å². The van der Waals surface area contributed by atoms with Gasteiger partial charge in [-0.05, 0) is 25.7 Å². The van der Waals surface area contributed by atoms with Gasteiger partial charge < -0.3 is 14.5 Å². The number of hydrogen-bond acceptors (Lipinski definition) is 5.